The highest BCUT2D eigenvalue weighted by Crippen LogP contribution is 2.21. The highest BCUT2D eigenvalue weighted by atomic mass is 16.3. The number of phenols is 1. The van der Waals surface area contributed by atoms with Crippen LogP contribution in [0.1, 0.15) is 119 Å². The predicted molar refractivity (Wildman–Crippen MR) is 445 cm³/mol. The summed E-state index contributed by atoms with van der Waals surface area (Å²) >= 11 is 0. The molecule has 37 nitrogen and oxygen atoms in total. The number of carbonyl (C=O) groups excluding carboxylic acids is 14. The average molecular weight is 1640 g/mol. The van der Waals surface area contributed by atoms with E-state index in [9.17, 15) is 62.6 Å². The molecule has 12 amide bonds. The molecule has 0 saturated carbocycles. The van der Waals surface area contributed by atoms with Crippen LogP contribution in [0.15, 0.2) is 146 Å². The molecule has 5 aromatic carbocycles. The van der Waals surface area contributed by atoms with Gasteiger partial charge in [0.25, 0.3) is 7.41 Å². The predicted octanol–water partition coefficient (Wildman–Crippen LogP) is -2.57. The molecule has 0 aromatic heterocycles. The Hall–Kier alpha value is -13.3. The van der Waals surface area contributed by atoms with Crippen molar-refractivity contribution in [2.75, 3.05) is 19.6 Å². The molecule has 29 N–H and O–H groups in total. The number of amides is 12. The minimum absolute atomic E-state index is 0.00769. The Morgan fingerprint density at radius 1 is 0.361 bits per heavy atom. The Morgan fingerprint density at radius 2 is 0.672 bits per heavy atom. The monoisotopic (exact) mass is 1640 g/mol. The summed E-state index contributed by atoms with van der Waals surface area (Å²) in [5.74, 6) is -15.2. The van der Waals surface area contributed by atoms with Gasteiger partial charge in [0, 0.05) is 57.7 Å². The van der Waals surface area contributed by atoms with Crippen LogP contribution in [0.5, 0.6) is 5.75 Å². The van der Waals surface area contributed by atoms with Gasteiger partial charge in [-0.15, -0.1) is 0 Å². The first-order valence-corrected chi connectivity index (χ1v) is 39.1. The Balaban J connectivity index is 1.43. The van der Waals surface area contributed by atoms with Gasteiger partial charge in [0.05, 0.1) is 31.0 Å². The van der Waals surface area contributed by atoms with Gasteiger partial charge >= 0.3 is 0 Å². The molecule has 0 fully saturated rings. The number of ketones is 1. The molecule has 0 saturated heterocycles. The van der Waals surface area contributed by atoms with Crippen LogP contribution in [0.2, 0.25) is 0 Å². The van der Waals surface area contributed by atoms with Gasteiger partial charge in [0.2, 0.25) is 70.9 Å². The highest BCUT2D eigenvalue weighted by Gasteiger charge is 2.38. The van der Waals surface area contributed by atoms with Crippen molar-refractivity contribution in [2.24, 2.45) is 46.2 Å². The van der Waals surface area contributed by atoms with Crippen molar-refractivity contribution in [3.05, 3.63) is 173 Å². The highest BCUT2D eigenvalue weighted by molar-refractivity contribution is 6.73. The summed E-state index contributed by atoms with van der Waals surface area (Å²) < 4.78 is 0. The van der Waals surface area contributed by atoms with Crippen molar-refractivity contribution in [1.82, 2.24) is 69.0 Å². The molecule has 1 radical (unpaired) electrons. The van der Waals surface area contributed by atoms with Crippen LogP contribution in [0, 0.1) is 28.1 Å². The number of nitrogens with one attached hydrogen (secondary N) is 16. The lowest BCUT2D eigenvalue weighted by atomic mass is 9.79. The third kappa shape index (κ3) is 36.6. The van der Waals surface area contributed by atoms with Crippen LogP contribution in [-0.2, 0) is 99.2 Å². The first-order chi connectivity index (χ1) is 56.7. The number of aromatic hydroxyl groups is 1. The van der Waals surface area contributed by atoms with Crippen LogP contribution in [0.25, 0.3) is 0 Å². The van der Waals surface area contributed by atoms with Gasteiger partial charge < -0.3 is 113 Å². The minimum atomic E-state index is -1.85. The summed E-state index contributed by atoms with van der Waals surface area (Å²) in [7, 11) is 1.01. The summed E-state index contributed by atoms with van der Waals surface area (Å²) in [5, 5.41) is 67.4. The van der Waals surface area contributed by atoms with E-state index < -0.39 is 180 Å². The molecule has 0 aliphatic rings. The van der Waals surface area contributed by atoms with Crippen molar-refractivity contribution in [2.45, 2.75) is 184 Å². The number of benzene rings is 5. The number of nitrogens with two attached hydrogens (primary N) is 6. The summed E-state index contributed by atoms with van der Waals surface area (Å²) in [6, 6.07) is 24.8. The number of hydrogen-bond acceptors (Lipinski definition) is 19. The van der Waals surface area contributed by atoms with E-state index in [1.54, 1.807) is 142 Å². The van der Waals surface area contributed by atoms with Gasteiger partial charge in [-0.25, -0.2) is 0 Å². The summed E-state index contributed by atoms with van der Waals surface area (Å²) in [6.07, 6.45) is -2.37. The molecule has 0 aliphatic carbocycles. The summed E-state index contributed by atoms with van der Waals surface area (Å²) in [4.78, 5) is 198. The molecule has 11 atom stereocenters. The maximum absolute atomic E-state index is 15.1. The third-order valence-corrected chi connectivity index (χ3v) is 18.9. The van der Waals surface area contributed by atoms with Crippen molar-refractivity contribution in [3.8, 4) is 5.75 Å². The maximum atomic E-state index is 15.1. The summed E-state index contributed by atoms with van der Waals surface area (Å²) in [6.45, 7) is 5.25. The SMILES string of the molecule is CCCC(=O)N[C@@H](Cc1ccccc1)C(=O)N[C@@H](CCCNC(=N)N)C(=O)[B]NC(Cc1ccc(O)cc1)C(=O)N[C@@H](Cc1ccccc1)C(=O)CC(C(=O)N[C@@H](CC(N)=O)C(=O)N[C@@H](Cc1ccccc1)C(=O)N[C@@H](CCCNC(=N)N)C(=O)N[C@@H](CC(N)=O)C(=O)N[C@@H](Cc1ccccc1)C(=O)N[C@@H](CCCNC(=N)N)C(N)=O)C(C)C. The second kappa shape index (κ2) is 50.9. The van der Waals surface area contributed by atoms with E-state index in [2.05, 4.69) is 69.0 Å². The fraction of sp³-hybridized carbons (Fsp3) is 0.420. The second-order valence-corrected chi connectivity index (χ2v) is 29.0. The molecule has 38 heteroatoms. The van der Waals surface area contributed by atoms with E-state index in [0.29, 0.717) is 28.7 Å². The van der Waals surface area contributed by atoms with E-state index in [0.717, 1.165) is 13.0 Å². The van der Waals surface area contributed by atoms with Crippen molar-refractivity contribution < 1.29 is 72.2 Å². The molecule has 639 valence electrons. The zero-order valence-electron chi connectivity index (χ0n) is 66.9. The molecule has 119 heavy (non-hydrogen) atoms. The molecule has 0 spiro atoms. The zero-order valence-corrected chi connectivity index (χ0v) is 66.9. The maximum Gasteiger partial charge on any atom is 0.298 e. The first kappa shape index (κ1) is 96.3. The van der Waals surface area contributed by atoms with E-state index in [1.807, 2.05) is 0 Å². The molecule has 0 aliphatic heterocycles. The van der Waals surface area contributed by atoms with Crippen LogP contribution in [0.3, 0.4) is 0 Å². The first-order valence-electron chi connectivity index (χ1n) is 39.1. The van der Waals surface area contributed by atoms with Gasteiger partial charge in [-0.1, -0.05) is 154 Å². The summed E-state index contributed by atoms with van der Waals surface area (Å²) in [5.41, 5.74) is 35.5. The fourth-order valence-electron chi connectivity index (χ4n) is 12.6. The molecule has 2 unspecified atom stereocenters. The minimum Gasteiger partial charge on any atom is -0.508 e. The molecular weight excluding hydrogens is 1530 g/mol. The smallest absolute Gasteiger partial charge is 0.298 e. The van der Waals surface area contributed by atoms with Gasteiger partial charge in [0.15, 0.2) is 23.7 Å². The van der Waals surface area contributed by atoms with Crippen molar-refractivity contribution in [3.63, 3.8) is 0 Å². The second-order valence-electron chi connectivity index (χ2n) is 29.0. The Kier molecular flexibility index (Phi) is 41.2. The number of Topliss-reactive ketones (excluding diaryl/α,β-unsaturated/α-hetero) is 1. The van der Waals surface area contributed by atoms with E-state index in [-0.39, 0.29) is 114 Å². The lowest BCUT2D eigenvalue weighted by molar-refractivity contribution is -0.137. The van der Waals surface area contributed by atoms with Crippen LogP contribution < -0.4 is 103 Å². The Morgan fingerprint density at radius 3 is 1.07 bits per heavy atom. The number of carbonyl (C=O) groups is 14. The third-order valence-electron chi connectivity index (χ3n) is 18.9. The molecule has 0 bridgehead atoms. The number of primary amides is 3. The number of rotatable bonds is 54. The van der Waals surface area contributed by atoms with E-state index in [4.69, 9.17) is 50.6 Å². The molecule has 5 aromatic rings. The standard InChI is InChI=1S/C81H112BN22O15/c1-4-20-68(109)95-59(40-49-23-11-6-12-24-49)73(114)96-55(29-17-36-92-79(86)87)69(110)82-104-64(43-52-32-34-53(105)35-33-52)78(119)99-58(39-48-21-9-5-10-22-48)65(106)44-54(47(2)3)71(112)100-62(45-66(83)107)76(117)102-61(42-51-27-15-8-16-28-51)75(116)98-57(31-19-38-94-81(90)91)72(113)103-63(46-67(84)108)77(118)101-60(41-50-25-13-7-14-26-50)74(115)97-56(70(85)111)30-18-37-93-80(88)89/h5-16,21-28,32-35,47,54-64,104-105H,4,17-20,29-31,36-46H2,1-3H3,(H2,83,107)(H2,84,108)(H2,85,111)(H,95,109)(H,96,114)(H,97,115)(H,98,116)(H,99,119)(H,100,112)(H,101,118)(H,102,117)(H,103,113)(H4,86,87,92)(H4,88,89,93)(H4,90,91,94)/t54?,55-,56-,57-,58-,59-,60-,61-,62-,63-,64?/m0/s1. The van der Waals surface area contributed by atoms with Crippen molar-refractivity contribution >= 4 is 108 Å². The molecular formula is C81H112BN22O15. The largest absolute Gasteiger partial charge is 0.508 e. The fourth-order valence-corrected chi connectivity index (χ4v) is 12.6. The van der Waals surface area contributed by atoms with E-state index >= 15 is 9.59 Å². The van der Waals surface area contributed by atoms with Gasteiger partial charge in [-0.3, -0.25) is 78.6 Å². The number of hydrogen-bond donors (Lipinski definition) is 23. The van der Waals surface area contributed by atoms with Crippen LogP contribution >= 0.6 is 0 Å². The molecule has 0 heterocycles. The molecule has 5 rings (SSSR count). The lowest BCUT2D eigenvalue weighted by Crippen LogP contribution is -2.60. The van der Waals surface area contributed by atoms with Gasteiger partial charge in [0.1, 0.15) is 53.7 Å². The van der Waals surface area contributed by atoms with E-state index in [1.165, 1.54) is 24.3 Å². The van der Waals surface area contributed by atoms with Crippen LogP contribution in [0.4, 0.5) is 0 Å². The van der Waals surface area contributed by atoms with Gasteiger partial charge in [-0.2, -0.15) is 0 Å². The van der Waals surface area contributed by atoms with Gasteiger partial charge in [-0.05, 0) is 104 Å². The zero-order chi connectivity index (χ0) is 87.5. The topological polar surface area (TPSA) is 643 Å². The quantitative estimate of drug-likeness (QED) is 0.00823. The Bertz CT molecular complexity index is 4250. The average Bonchev–Trinajstić information content (AvgIpc) is 0.850. The van der Waals surface area contributed by atoms with Crippen LogP contribution in [-0.4, -0.2) is 193 Å². The Labute approximate surface area is 691 Å². The number of guanidine groups is 3. The van der Waals surface area contributed by atoms with Crippen molar-refractivity contribution in [1.29, 1.82) is 16.2 Å². The number of phenolic OH excluding ortho intramolecular Hbond substituents is 1. The normalized spacial score (nSPS) is 13.7. The lowest BCUT2D eigenvalue weighted by Gasteiger charge is -2.28.